The van der Waals surface area contributed by atoms with Gasteiger partial charge in [0.05, 0.1) is 18.5 Å². The third-order valence-corrected chi connectivity index (χ3v) is 4.20. The van der Waals surface area contributed by atoms with Crippen LogP contribution >= 0.6 is 11.6 Å². The van der Waals surface area contributed by atoms with E-state index in [2.05, 4.69) is 31.9 Å². The zero-order valence-corrected chi connectivity index (χ0v) is 14.3. The minimum absolute atomic E-state index is 0.610. The van der Waals surface area contributed by atoms with E-state index in [1.54, 1.807) is 6.20 Å². The minimum atomic E-state index is 0.610. The number of aryl methyl sites for hydroxylation is 1. The summed E-state index contributed by atoms with van der Waals surface area (Å²) in [4.78, 5) is 13.2. The molecule has 0 aliphatic carbocycles. The van der Waals surface area contributed by atoms with Crippen LogP contribution in [0.25, 0.3) is 0 Å². The fourth-order valence-electron chi connectivity index (χ4n) is 2.82. The van der Waals surface area contributed by atoms with Gasteiger partial charge in [-0.05, 0) is 26.0 Å². The maximum Gasteiger partial charge on any atom is 0.151 e. The average Bonchev–Trinajstić information content (AvgIpc) is 2.58. The molecule has 0 amide bonds. The van der Waals surface area contributed by atoms with Crippen LogP contribution in [0.1, 0.15) is 12.7 Å². The predicted octanol–water partition coefficient (Wildman–Crippen LogP) is 3.16. The molecule has 23 heavy (non-hydrogen) atoms. The molecular weight excluding hydrogens is 312 g/mol. The summed E-state index contributed by atoms with van der Waals surface area (Å²) in [6, 6.07) is 8.20. The van der Waals surface area contributed by atoms with Crippen LogP contribution in [0.15, 0.2) is 30.5 Å². The largest absolute Gasteiger partial charge is 0.492 e. The Balaban J connectivity index is 1.72. The third-order valence-electron chi connectivity index (χ3n) is 3.93. The normalized spacial score (nSPS) is 14.9. The van der Waals surface area contributed by atoms with Gasteiger partial charge in [0, 0.05) is 26.2 Å². The lowest BCUT2D eigenvalue weighted by Gasteiger charge is -2.37. The Hall–Kier alpha value is -2.01. The summed E-state index contributed by atoms with van der Waals surface area (Å²) in [5.41, 5.74) is 1.15. The molecule has 1 aliphatic heterocycles. The van der Waals surface area contributed by atoms with Gasteiger partial charge in [-0.2, -0.15) is 0 Å². The van der Waals surface area contributed by atoms with Gasteiger partial charge in [-0.1, -0.05) is 23.7 Å². The van der Waals surface area contributed by atoms with Crippen molar-refractivity contribution in [2.24, 2.45) is 0 Å². The molecule has 0 radical (unpaired) electrons. The lowest BCUT2D eigenvalue weighted by molar-refractivity contribution is 0.340. The van der Waals surface area contributed by atoms with Gasteiger partial charge in [0.2, 0.25) is 0 Å². The summed E-state index contributed by atoms with van der Waals surface area (Å²) < 4.78 is 5.74. The van der Waals surface area contributed by atoms with E-state index in [9.17, 15) is 0 Å². The number of hydrogen-bond donors (Lipinski definition) is 0. The van der Waals surface area contributed by atoms with E-state index in [1.165, 1.54) is 0 Å². The Morgan fingerprint density at radius 2 is 1.83 bits per heavy atom. The first-order valence-corrected chi connectivity index (χ1v) is 8.27. The molecule has 1 aliphatic rings. The van der Waals surface area contributed by atoms with Crippen LogP contribution in [-0.4, -0.2) is 42.8 Å². The smallest absolute Gasteiger partial charge is 0.151 e. The Morgan fingerprint density at radius 1 is 1.13 bits per heavy atom. The Morgan fingerprint density at radius 3 is 2.57 bits per heavy atom. The summed E-state index contributed by atoms with van der Waals surface area (Å²) in [6.45, 7) is 8.12. The van der Waals surface area contributed by atoms with E-state index in [4.69, 9.17) is 16.3 Å². The second kappa shape index (κ2) is 7.04. The van der Waals surface area contributed by atoms with E-state index >= 15 is 0 Å². The third kappa shape index (κ3) is 3.50. The first-order valence-electron chi connectivity index (χ1n) is 7.90. The zero-order chi connectivity index (χ0) is 16.2. The van der Waals surface area contributed by atoms with Gasteiger partial charge >= 0.3 is 0 Å². The predicted molar refractivity (Wildman–Crippen MR) is 93.8 cm³/mol. The molecular formula is C17H21ClN4O. The minimum Gasteiger partial charge on any atom is -0.492 e. The van der Waals surface area contributed by atoms with Crippen molar-refractivity contribution in [2.75, 3.05) is 42.6 Å². The molecule has 6 heteroatoms. The van der Waals surface area contributed by atoms with E-state index in [0.717, 1.165) is 49.3 Å². The summed E-state index contributed by atoms with van der Waals surface area (Å²) in [6.07, 6.45) is 1.68. The van der Waals surface area contributed by atoms with Gasteiger partial charge in [-0.3, -0.25) is 0 Å². The van der Waals surface area contributed by atoms with Crippen molar-refractivity contribution in [2.45, 2.75) is 13.8 Å². The van der Waals surface area contributed by atoms with Crippen LogP contribution in [0.3, 0.4) is 0 Å². The number of halogens is 1. The van der Waals surface area contributed by atoms with Crippen molar-refractivity contribution >= 4 is 23.1 Å². The van der Waals surface area contributed by atoms with E-state index < -0.39 is 0 Å². The molecule has 2 heterocycles. The second-order valence-electron chi connectivity index (χ2n) is 5.46. The van der Waals surface area contributed by atoms with E-state index in [-0.39, 0.29) is 0 Å². The molecule has 0 atom stereocenters. The number of rotatable bonds is 4. The molecule has 1 aromatic carbocycles. The lowest BCUT2D eigenvalue weighted by Crippen LogP contribution is -2.47. The van der Waals surface area contributed by atoms with E-state index in [1.807, 2.05) is 26.0 Å². The summed E-state index contributed by atoms with van der Waals surface area (Å²) in [7, 11) is 0. The van der Waals surface area contributed by atoms with Crippen LogP contribution in [0, 0.1) is 6.92 Å². The molecule has 1 fully saturated rings. The Bertz CT molecular complexity index is 671. The van der Waals surface area contributed by atoms with Gasteiger partial charge in [-0.25, -0.2) is 9.97 Å². The fourth-order valence-corrected chi connectivity index (χ4v) is 3.03. The lowest BCUT2D eigenvalue weighted by atomic mass is 10.2. The van der Waals surface area contributed by atoms with Crippen molar-refractivity contribution in [3.8, 4) is 5.75 Å². The highest BCUT2D eigenvalue weighted by Gasteiger charge is 2.22. The highest BCUT2D eigenvalue weighted by Crippen LogP contribution is 2.30. The molecule has 122 valence electrons. The maximum absolute atomic E-state index is 6.25. The quantitative estimate of drug-likeness (QED) is 0.860. The summed E-state index contributed by atoms with van der Waals surface area (Å²) in [5, 5.41) is 0.610. The molecule has 0 N–H and O–H groups in total. The number of para-hydroxylation sites is 2. The standard InChI is InChI=1S/C17H21ClN4O/c1-3-23-16-7-5-4-6-15(16)21-8-10-22(11-9-21)17-14(18)12-19-13(2)20-17/h4-7,12H,3,8-11H2,1-2H3. The van der Waals surface area contributed by atoms with Gasteiger partial charge in [0.25, 0.3) is 0 Å². The number of hydrogen-bond acceptors (Lipinski definition) is 5. The van der Waals surface area contributed by atoms with Gasteiger partial charge < -0.3 is 14.5 Å². The van der Waals surface area contributed by atoms with Crippen LogP contribution in [0.5, 0.6) is 5.75 Å². The second-order valence-corrected chi connectivity index (χ2v) is 5.87. The molecule has 5 nitrogen and oxygen atoms in total. The molecule has 2 aromatic rings. The number of aromatic nitrogens is 2. The Labute approximate surface area is 141 Å². The molecule has 0 saturated carbocycles. The molecule has 0 unspecified atom stereocenters. The monoisotopic (exact) mass is 332 g/mol. The van der Waals surface area contributed by atoms with Crippen LogP contribution in [0.4, 0.5) is 11.5 Å². The van der Waals surface area contributed by atoms with Gasteiger partial charge in [0.1, 0.15) is 16.6 Å². The van der Waals surface area contributed by atoms with Crippen molar-refractivity contribution in [3.05, 3.63) is 41.3 Å². The van der Waals surface area contributed by atoms with Crippen molar-refractivity contribution in [1.29, 1.82) is 0 Å². The summed E-state index contributed by atoms with van der Waals surface area (Å²) >= 11 is 6.25. The average molecular weight is 333 g/mol. The summed E-state index contributed by atoms with van der Waals surface area (Å²) in [5.74, 6) is 2.52. The van der Waals surface area contributed by atoms with E-state index in [0.29, 0.717) is 11.6 Å². The SMILES string of the molecule is CCOc1ccccc1N1CCN(c2nc(C)ncc2Cl)CC1. The van der Waals surface area contributed by atoms with Gasteiger partial charge in [-0.15, -0.1) is 0 Å². The molecule has 0 bridgehead atoms. The fraction of sp³-hybridized carbons (Fsp3) is 0.412. The molecule has 1 aromatic heterocycles. The first kappa shape index (κ1) is 15.9. The highest BCUT2D eigenvalue weighted by atomic mass is 35.5. The number of benzene rings is 1. The van der Waals surface area contributed by atoms with Crippen LogP contribution in [-0.2, 0) is 0 Å². The highest BCUT2D eigenvalue weighted by molar-refractivity contribution is 6.32. The number of anilines is 2. The first-order chi connectivity index (χ1) is 11.2. The van der Waals surface area contributed by atoms with Crippen molar-refractivity contribution < 1.29 is 4.74 Å². The number of ether oxygens (including phenoxy) is 1. The number of piperazine rings is 1. The molecule has 1 saturated heterocycles. The maximum atomic E-state index is 6.25. The zero-order valence-electron chi connectivity index (χ0n) is 13.5. The molecule has 3 rings (SSSR count). The van der Waals surface area contributed by atoms with Crippen molar-refractivity contribution in [1.82, 2.24) is 9.97 Å². The van der Waals surface area contributed by atoms with Crippen molar-refractivity contribution in [3.63, 3.8) is 0 Å². The van der Waals surface area contributed by atoms with Gasteiger partial charge in [0.15, 0.2) is 5.82 Å². The number of nitrogens with zero attached hydrogens (tertiary/aromatic N) is 4. The Kier molecular flexibility index (Phi) is 4.86. The van der Waals surface area contributed by atoms with Crippen LogP contribution in [0.2, 0.25) is 5.02 Å². The topological polar surface area (TPSA) is 41.5 Å². The van der Waals surface area contributed by atoms with Crippen LogP contribution < -0.4 is 14.5 Å². The molecule has 0 spiro atoms.